The van der Waals surface area contributed by atoms with Crippen molar-refractivity contribution in [3.05, 3.63) is 33.1 Å². The van der Waals surface area contributed by atoms with Crippen molar-refractivity contribution >= 4 is 39.6 Å². The van der Waals surface area contributed by atoms with E-state index in [1.54, 1.807) is 24.6 Å². The second-order valence-electron chi connectivity index (χ2n) is 3.38. The number of amides is 1. The number of ether oxygens (including phenoxy) is 1. The Labute approximate surface area is 111 Å². The fraction of sp³-hybridized carbons (Fsp3) is 0.182. The van der Waals surface area contributed by atoms with E-state index in [2.05, 4.69) is 15.0 Å². The first-order valence-electron chi connectivity index (χ1n) is 5.01. The largest absolute Gasteiger partial charge is 0.465 e. The van der Waals surface area contributed by atoms with Gasteiger partial charge in [-0.3, -0.25) is 4.79 Å². The minimum absolute atomic E-state index is 0.215. The van der Waals surface area contributed by atoms with Crippen molar-refractivity contribution in [3.63, 3.8) is 0 Å². The molecule has 7 heteroatoms. The molecule has 0 atom stereocenters. The van der Waals surface area contributed by atoms with Crippen LogP contribution in [-0.2, 0) is 4.74 Å². The van der Waals surface area contributed by atoms with Gasteiger partial charge in [-0.1, -0.05) is 0 Å². The number of aryl methyl sites for hydroxylation is 1. The van der Waals surface area contributed by atoms with Crippen molar-refractivity contribution in [2.24, 2.45) is 0 Å². The number of aromatic nitrogens is 1. The van der Waals surface area contributed by atoms with E-state index in [-0.39, 0.29) is 5.91 Å². The van der Waals surface area contributed by atoms with Gasteiger partial charge in [-0.15, -0.1) is 22.7 Å². The Morgan fingerprint density at radius 2 is 2.17 bits per heavy atom. The molecule has 0 bridgehead atoms. The summed E-state index contributed by atoms with van der Waals surface area (Å²) >= 11 is 2.46. The summed E-state index contributed by atoms with van der Waals surface area (Å²) in [7, 11) is 1.32. The Morgan fingerprint density at radius 3 is 2.78 bits per heavy atom. The highest BCUT2D eigenvalue weighted by Gasteiger charge is 2.14. The van der Waals surface area contributed by atoms with E-state index >= 15 is 0 Å². The van der Waals surface area contributed by atoms with Crippen LogP contribution in [0, 0.1) is 6.92 Å². The van der Waals surface area contributed by atoms with Crippen LogP contribution in [0.3, 0.4) is 0 Å². The van der Waals surface area contributed by atoms with E-state index in [0.717, 1.165) is 0 Å². The van der Waals surface area contributed by atoms with Crippen molar-refractivity contribution in [1.82, 2.24) is 4.98 Å². The van der Waals surface area contributed by atoms with Gasteiger partial charge in [-0.2, -0.15) is 0 Å². The Hall–Kier alpha value is -1.73. The van der Waals surface area contributed by atoms with E-state index in [9.17, 15) is 9.59 Å². The van der Waals surface area contributed by atoms with Crippen LogP contribution in [0.2, 0.25) is 0 Å². The number of hydrogen-bond acceptors (Lipinski definition) is 6. The number of thiazole rings is 1. The van der Waals surface area contributed by atoms with Gasteiger partial charge in [0.15, 0.2) is 0 Å². The van der Waals surface area contributed by atoms with Crippen molar-refractivity contribution in [3.8, 4) is 0 Å². The Kier molecular flexibility index (Phi) is 3.73. The molecule has 94 valence electrons. The quantitative estimate of drug-likeness (QED) is 0.878. The Balaban J connectivity index is 2.11. The number of anilines is 1. The standard InChI is InChI=1S/C11H10N2O3S2/c1-6-9(17-5-12-6)10(14)13-8-4-3-7(18-8)11(15)16-2/h3-5H,1-2H3,(H,13,14). The number of methoxy groups -OCH3 is 1. The number of carbonyl (C=O) groups excluding carboxylic acids is 2. The van der Waals surface area contributed by atoms with Gasteiger partial charge in [0, 0.05) is 0 Å². The number of thiophene rings is 1. The van der Waals surface area contributed by atoms with Crippen LogP contribution in [0.25, 0.3) is 0 Å². The molecule has 0 unspecified atom stereocenters. The molecule has 0 aromatic carbocycles. The molecule has 18 heavy (non-hydrogen) atoms. The lowest BCUT2D eigenvalue weighted by atomic mass is 10.4. The molecule has 0 saturated carbocycles. The summed E-state index contributed by atoms with van der Waals surface area (Å²) in [4.78, 5) is 28.2. The van der Waals surface area contributed by atoms with Gasteiger partial charge in [0.05, 0.1) is 23.3 Å². The molecule has 0 fully saturated rings. The average molecular weight is 282 g/mol. The monoisotopic (exact) mass is 282 g/mol. The van der Waals surface area contributed by atoms with Crippen LogP contribution < -0.4 is 5.32 Å². The first kappa shape index (κ1) is 12.7. The van der Waals surface area contributed by atoms with Crippen LogP contribution in [0.4, 0.5) is 5.00 Å². The van der Waals surface area contributed by atoms with Gasteiger partial charge in [0.1, 0.15) is 9.75 Å². The molecular formula is C11H10N2O3S2. The van der Waals surface area contributed by atoms with Crippen LogP contribution in [0.5, 0.6) is 0 Å². The predicted molar refractivity (Wildman–Crippen MR) is 70.5 cm³/mol. The minimum Gasteiger partial charge on any atom is -0.465 e. The van der Waals surface area contributed by atoms with Crippen LogP contribution >= 0.6 is 22.7 Å². The van der Waals surface area contributed by atoms with Crippen molar-refractivity contribution < 1.29 is 14.3 Å². The van der Waals surface area contributed by atoms with Gasteiger partial charge in [-0.25, -0.2) is 9.78 Å². The molecule has 5 nitrogen and oxygen atoms in total. The van der Waals surface area contributed by atoms with Crippen LogP contribution in [-0.4, -0.2) is 24.0 Å². The third-order valence-electron chi connectivity index (χ3n) is 2.18. The van der Waals surface area contributed by atoms with E-state index in [1.165, 1.54) is 29.8 Å². The number of hydrogen-bond donors (Lipinski definition) is 1. The van der Waals surface area contributed by atoms with E-state index in [4.69, 9.17) is 0 Å². The lowest BCUT2D eigenvalue weighted by Crippen LogP contribution is -2.10. The van der Waals surface area contributed by atoms with E-state index < -0.39 is 5.97 Å². The predicted octanol–water partition coefficient (Wildman–Crippen LogP) is 2.55. The zero-order valence-electron chi connectivity index (χ0n) is 9.72. The first-order valence-corrected chi connectivity index (χ1v) is 6.71. The van der Waals surface area contributed by atoms with Gasteiger partial charge < -0.3 is 10.1 Å². The highest BCUT2D eigenvalue weighted by Crippen LogP contribution is 2.24. The molecule has 0 aliphatic heterocycles. The normalized spacial score (nSPS) is 10.1. The molecule has 2 aromatic heterocycles. The molecule has 1 N–H and O–H groups in total. The third kappa shape index (κ3) is 2.57. The average Bonchev–Trinajstić information content (AvgIpc) is 2.97. The van der Waals surface area contributed by atoms with Gasteiger partial charge in [-0.05, 0) is 19.1 Å². The van der Waals surface area contributed by atoms with E-state index in [1.807, 2.05) is 0 Å². The van der Waals surface area contributed by atoms with Gasteiger partial charge >= 0.3 is 5.97 Å². The first-order chi connectivity index (χ1) is 8.61. The highest BCUT2D eigenvalue weighted by atomic mass is 32.1. The SMILES string of the molecule is COC(=O)c1ccc(NC(=O)c2scnc2C)s1. The van der Waals surface area contributed by atoms with Crippen LogP contribution in [0.15, 0.2) is 17.6 Å². The molecular weight excluding hydrogens is 272 g/mol. The zero-order valence-corrected chi connectivity index (χ0v) is 11.4. The third-order valence-corrected chi connectivity index (χ3v) is 4.09. The summed E-state index contributed by atoms with van der Waals surface area (Å²) in [5.41, 5.74) is 2.32. The zero-order chi connectivity index (χ0) is 13.1. The maximum absolute atomic E-state index is 11.9. The lowest BCUT2D eigenvalue weighted by Gasteiger charge is -2.00. The molecule has 2 aromatic rings. The second-order valence-corrected chi connectivity index (χ2v) is 5.32. The summed E-state index contributed by atoms with van der Waals surface area (Å²) in [6.45, 7) is 1.78. The smallest absolute Gasteiger partial charge is 0.348 e. The van der Waals surface area contributed by atoms with Crippen LogP contribution in [0.1, 0.15) is 25.0 Å². The van der Waals surface area contributed by atoms with Gasteiger partial charge in [0.2, 0.25) is 0 Å². The summed E-state index contributed by atoms with van der Waals surface area (Å²) in [5, 5.41) is 3.33. The van der Waals surface area contributed by atoms with Crippen molar-refractivity contribution in [2.75, 3.05) is 12.4 Å². The van der Waals surface area contributed by atoms with Gasteiger partial charge in [0.25, 0.3) is 5.91 Å². The fourth-order valence-electron chi connectivity index (χ4n) is 1.30. The molecule has 0 saturated heterocycles. The molecule has 0 aliphatic carbocycles. The van der Waals surface area contributed by atoms with Crippen molar-refractivity contribution in [2.45, 2.75) is 6.92 Å². The Morgan fingerprint density at radius 1 is 1.39 bits per heavy atom. The highest BCUT2D eigenvalue weighted by molar-refractivity contribution is 7.18. The molecule has 0 radical (unpaired) electrons. The number of nitrogens with one attached hydrogen (secondary N) is 1. The molecule has 1 amide bonds. The van der Waals surface area contributed by atoms with Crippen molar-refractivity contribution in [1.29, 1.82) is 0 Å². The minimum atomic E-state index is -0.408. The molecule has 2 rings (SSSR count). The number of carbonyl (C=O) groups is 2. The molecule has 0 aliphatic rings. The number of nitrogens with zero attached hydrogens (tertiary/aromatic N) is 1. The molecule has 2 heterocycles. The maximum Gasteiger partial charge on any atom is 0.348 e. The lowest BCUT2D eigenvalue weighted by molar-refractivity contribution is 0.0606. The van der Waals surface area contributed by atoms with E-state index in [0.29, 0.717) is 20.4 Å². The number of rotatable bonds is 3. The summed E-state index contributed by atoms with van der Waals surface area (Å²) in [6.07, 6.45) is 0. The Bertz CT molecular complexity index is 589. The fourth-order valence-corrected chi connectivity index (χ4v) is 2.82. The molecule has 0 spiro atoms. The summed E-state index contributed by atoms with van der Waals surface area (Å²) < 4.78 is 4.60. The number of esters is 1. The second kappa shape index (κ2) is 5.28. The summed E-state index contributed by atoms with van der Waals surface area (Å²) in [6, 6.07) is 3.29. The summed E-state index contributed by atoms with van der Waals surface area (Å²) in [5.74, 6) is -0.622. The topological polar surface area (TPSA) is 68.3 Å². The maximum atomic E-state index is 11.9.